The van der Waals surface area contributed by atoms with Crippen LogP contribution >= 0.6 is 11.8 Å². The molecular formula is C25H22N4O3S. The Labute approximate surface area is 194 Å². The Morgan fingerprint density at radius 2 is 1.85 bits per heavy atom. The summed E-state index contributed by atoms with van der Waals surface area (Å²) in [5, 5.41) is 14.6. The standard InChI is InChI=1S/C25H22N4O3S/c1-16-10-12-19(13-11-16)29-24(32)21-8-3-4-9-22(21)26-25(29)33-15-23(31)28-27-17(2)18-6-5-7-20(30)14-18/h3-14,30H,15H2,1-2H3,(H,28,31)/b27-17-. The minimum Gasteiger partial charge on any atom is -0.508 e. The van der Waals surface area contributed by atoms with Gasteiger partial charge >= 0.3 is 0 Å². The maximum absolute atomic E-state index is 13.2. The first-order valence-electron chi connectivity index (χ1n) is 10.3. The van der Waals surface area contributed by atoms with E-state index in [2.05, 4.69) is 15.5 Å². The van der Waals surface area contributed by atoms with Gasteiger partial charge in [0.15, 0.2) is 5.16 Å². The Bertz CT molecular complexity index is 1410. The number of thioether (sulfide) groups is 1. The van der Waals surface area contributed by atoms with Crippen molar-refractivity contribution < 1.29 is 9.90 Å². The van der Waals surface area contributed by atoms with E-state index in [1.165, 1.54) is 4.57 Å². The number of rotatable bonds is 6. The zero-order valence-electron chi connectivity index (χ0n) is 18.1. The molecule has 4 aromatic rings. The molecule has 1 heterocycles. The summed E-state index contributed by atoms with van der Waals surface area (Å²) in [6.45, 7) is 3.71. The van der Waals surface area contributed by atoms with E-state index in [1.807, 2.05) is 37.3 Å². The van der Waals surface area contributed by atoms with Gasteiger partial charge in [0, 0.05) is 5.56 Å². The van der Waals surface area contributed by atoms with Crippen molar-refractivity contribution in [2.75, 3.05) is 5.75 Å². The van der Waals surface area contributed by atoms with Crippen LogP contribution in [0, 0.1) is 6.92 Å². The van der Waals surface area contributed by atoms with Gasteiger partial charge in [0.1, 0.15) is 5.75 Å². The van der Waals surface area contributed by atoms with Crippen LogP contribution in [0.25, 0.3) is 16.6 Å². The minimum absolute atomic E-state index is 0.0213. The molecule has 0 saturated heterocycles. The van der Waals surface area contributed by atoms with E-state index in [0.717, 1.165) is 17.3 Å². The molecule has 1 aromatic heterocycles. The van der Waals surface area contributed by atoms with Gasteiger partial charge in [0.05, 0.1) is 28.1 Å². The Kier molecular flexibility index (Phi) is 6.55. The van der Waals surface area contributed by atoms with Gasteiger partial charge < -0.3 is 5.11 Å². The molecule has 4 rings (SSSR count). The number of amides is 1. The average Bonchev–Trinajstić information content (AvgIpc) is 2.82. The molecule has 0 atom stereocenters. The highest BCUT2D eigenvalue weighted by molar-refractivity contribution is 7.99. The third kappa shape index (κ3) is 5.12. The van der Waals surface area contributed by atoms with Crippen LogP contribution in [-0.2, 0) is 4.79 Å². The van der Waals surface area contributed by atoms with Crippen molar-refractivity contribution in [1.29, 1.82) is 0 Å². The summed E-state index contributed by atoms with van der Waals surface area (Å²) in [7, 11) is 0. The summed E-state index contributed by atoms with van der Waals surface area (Å²) in [5.74, 6) is -0.189. The van der Waals surface area contributed by atoms with Crippen LogP contribution in [0.2, 0.25) is 0 Å². The summed E-state index contributed by atoms with van der Waals surface area (Å²) in [6, 6.07) is 21.4. The molecule has 0 radical (unpaired) electrons. The van der Waals surface area contributed by atoms with Crippen molar-refractivity contribution >= 4 is 34.3 Å². The average molecular weight is 459 g/mol. The van der Waals surface area contributed by atoms with Crippen molar-refractivity contribution in [3.63, 3.8) is 0 Å². The lowest BCUT2D eigenvalue weighted by Gasteiger charge is -2.13. The first-order chi connectivity index (χ1) is 15.9. The summed E-state index contributed by atoms with van der Waals surface area (Å²) in [6.07, 6.45) is 0. The predicted octanol–water partition coefficient (Wildman–Crippen LogP) is 4.03. The number of nitrogens with one attached hydrogen (secondary N) is 1. The molecule has 0 fully saturated rings. The van der Waals surface area contributed by atoms with E-state index in [9.17, 15) is 14.7 Å². The highest BCUT2D eigenvalue weighted by Crippen LogP contribution is 2.21. The van der Waals surface area contributed by atoms with E-state index in [-0.39, 0.29) is 23.0 Å². The molecule has 0 bridgehead atoms. The topological polar surface area (TPSA) is 96.6 Å². The molecule has 33 heavy (non-hydrogen) atoms. The second-order valence-electron chi connectivity index (χ2n) is 7.46. The van der Waals surface area contributed by atoms with Crippen LogP contribution < -0.4 is 11.0 Å². The molecule has 0 aliphatic carbocycles. The van der Waals surface area contributed by atoms with Gasteiger partial charge in [0.2, 0.25) is 0 Å². The monoisotopic (exact) mass is 458 g/mol. The zero-order chi connectivity index (χ0) is 23.4. The highest BCUT2D eigenvalue weighted by atomic mass is 32.2. The number of benzene rings is 3. The number of phenolic OH excluding ortho intramolecular Hbond substituents is 1. The van der Waals surface area contributed by atoms with Crippen LogP contribution in [0.5, 0.6) is 5.75 Å². The van der Waals surface area contributed by atoms with Crippen LogP contribution in [0.4, 0.5) is 0 Å². The summed E-state index contributed by atoms with van der Waals surface area (Å²) >= 11 is 1.16. The smallest absolute Gasteiger partial charge is 0.266 e. The van der Waals surface area contributed by atoms with Crippen molar-refractivity contribution in [3.8, 4) is 11.4 Å². The summed E-state index contributed by atoms with van der Waals surface area (Å²) in [4.78, 5) is 30.3. The minimum atomic E-state index is -0.336. The molecule has 3 aromatic carbocycles. The fourth-order valence-electron chi connectivity index (χ4n) is 3.23. The number of phenols is 1. The van der Waals surface area contributed by atoms with Crippen LogP contribution in [-0.4, -0.2) is 32.0 Å². The van der Waals surface area contributed by atoms with E-state index in [0.29, 0.717) is 33.0 Å². The first-order valence-corrected chi connectivity index (χ1v) is 11.2. The van der Waals surface area contributed by atoms with Gasteiger partial charge in [-0.15, -0.1) is 0 Å². The number of hydrazone groups is 1. The largest absolute Gasteiger partial charge is 0.508 e. The zero-order valence-corrected chi connectivity index (χ0v) is 19.0. The number of nitrogens with zero attached hydrogens (tertiary/aromatic N) is 3. The molecule has 0 saturated carbocycles. The molecule has 0 unspecified atom stereocenters. The second kappa shape index (κ2) is 9.70. The molecule has 166 valence electrons. The Morgan fingerprint density at radius 3 is 2.61 bits per heavy atom. The van der Waals surface area contributed by atoms with Gasteiger partial charge in [-0.05, 0) is 50.2 Å². The van der Waals surface area contributed by atoms with E-state index < -0.39 is 0 Å². The second-order valence-corrected chi connectivity index (χ2v) is 8.40. The van der Waals surface area contributed by atoms with Crippen molar-refractivity contribution in [3.05, 3.63) is 94.3 Å². The van der Waals surface area contributed by atoms with E-state index in [1.54, 1.807) is 49.4 Å². The van der Waals surface area contributed by atoms with Gasteiger partial charge in [-0.3, -0.25) is 14.2 Å². The van der Waals surface area contributed by atoms with Gasteiger partial charge in [0.25, 0.3) is 11.5 Å². The lowest BCUT2D eigenvalue weighted by molar-refractivity contribution is -0.118. The van der Waals surface area contributed by atoms with Gasteiger partial charge in [-0.2, -0.15) is 5.10 Å². The third-order valence-electron chi connectivity index (χ3n) is 4.98. The lowest BCUT2D eigenvalue weighted by Crippen LogP contribution is -2.24. The summed E-state index contributed by atoms with van der Waals surface area (Å²) < 4.78 is 1.53. The molecule has 0 spiro atoms. The Morgan fingerprint density at radius 1 is 1.09 bits per heavy atom. The number of carbonyl (C=O) groups is 1. The summed E-state index contributed by atoms with van der Waals surface area (Å²) in [5.41, 5.74) is 5.93. The van der Waals surface area contributed by atoms with Crippen molar-refractivity contribution in [2.24, 2.45) is 5.10 Å². The van der Waals surface area contributed by atoms with Crippen LogP contribution in [0.1, 0.15) is 18.1 Å². The maximum Gasteiger partial charge on any atom is 0.266 e. The fourth-order valence-corrected chi connectivity index (χ4v) is 4.04. The van der Waals surface area contributed by atoms with Crippen LogP contribution in [0.3, 0.4) is 0 Å². The molecule has 1 amide bonds. The number of para-hydroxylation sites is 1. The third-order valence-corrected chi connectivity index (χ3v) is 5.92. The number of carbonyl (C=O) groups excluding carboxylic acids is 1. The molecule has 0 aliphatic rings. The van der Waals surface area contributed by atoms with Gasteiger partial charge in [-0.1, -0.05) is 53.7 Å². The predicted molar refractivity (Wildman–Crippen MR) is 131 cm³/mol. The van der Waals surface area contributed by atoms with Crippen LogP contribution in [0.15, 0.2) is 87.8 Å². The van der Waals surface area contributed by atoms with Crippen molar-refractivity contribution in [1.82, 2.24) is 15.0 Å². The number of aryl methyl sites for hydroxylation is 1. The maximum atomic E-state index is 13.2. The highest BCUT2D eigenvalue weighted by Gasteiger charge is 2.15. The van der Waals surface area contributed by atoms with Gasteiger partial charge in [-0.25, -0.2) is 10.4 Å². The SMILES string of the molecule is C/C(=N/NC(=O)CSc1nc2ccccc2c(=O)n1-c1ccc(C)cc1)c1cccc(O)c1. The fraction of sp³-hybridized carbons (Fsp3) is 0.120. The molecule has 8 heteroatoms. The number of fused-ring (bicyclic) bond motifs is 1. The Hall–Kier alpha value is -3.91. The molecular weight excluding hydrogens is 436 g/mol. The molecule has 2 N–H and O–H groups in total. The van der Waals surface area contributed by atoms with Crippen molar-refractivity contribution in [2.45, 2.75) is 19.0 Å². The lowest BCUT2D eigenvalue weighted by atomic mass is 10.1. The normalized spacial score (nSPS) is 11.5. The molecule has 0 aliphatic heterocycles. The number of aromatic nitrogens is 2. The number of hydrogen-bond donors (Lipinski definition) is 2. The molecule has 7 nitrogen and oxygen atoms in total. The number of aromatic hydroxyl groups is 1. The quantitative estimate of drug-likeness (QED) is 0.197. The number of hydrogen-bond acceptors (Lipinski definition) is 6. The first kappa shape index (κ1) is 22.3. The Balaban J connectivity index is 1.58. The van der Waals surface area contributed by atoms with E-state index in [4.69, 9.17) is 0 Å². The van der Waals surface area contributed by atoms with E-state index >= 15 is 0 Å².